The van der Waals surface area contributed by atoms with Crippen molar-refractivity contribution in [3.8, 4) is 11.5 Å². The van der Waals surface area contributed by atoms with E-state index >= 15 is 0 Å². The third-order valence-corrected chi connectivity index (χ3v) is 8.85. The molecule has 0 bridgehead atoms. The molecule has 2 atom stereocenters. The number of carbonyl (C=O) groups is 3. The lowest BCUT2D eigenvalue weighted by molar-refractivity contribution is -0.150. The van der Waals surface area contributed by atoms with E-state index in [0.717, 1.165) is 21.9 Å². The van der Waals surface area contributed by atoms with Gasteiger partial charge in [0, 0.05) is 23.5 Å². The van der Waals surface area contributed by atoms with E-state index in [-0.39, 0.29) is 38.0 Å². The van der Waals surface area contributed by atoms with Crippen LogP contribution in [0.5, 0.6) is 11.5 Å². The Morgan fingerprint density at radius 1 is 0.977 bits per heavy atom. The molecular weight excluding hydrogens is 578 g/mol. The van der Waals surface area contributed by atoms with Gasteiger partial charge in [-0.1, -0.05) is 72.3 Å². The molecule has 226 valence electrons. The molecule has 1 fully saturated rings. The van der Waals surface area contributed by atoms with E-state index in [2.05, 4.69) is 0 Å². The number of ether oxygens (including phenoxy) is 2. The molecule has 44 heavy (non-hydrogen) atoms. The smallest absolute Gasteiger partial charge is 0.250 e. The first-order valence-corrected chi connectivity index (χ1v) is 15.0. The van der Waals surface area contributed by atoms with Gasteiger partial charge in [0.2, 0.25) is 18.6 Å². The van der Waals surface area contributed by atoms with Gasteiger partial charge in [-0.25, -0.2) is 0 Å². The molecule has 2 aliphatic heterocycles. The van der Waals surface area contributed by atoms with Crippen LogP contribution in [0, 0.1) is 0 Å². The van der Waals surface area contributed by atoms with Crippen molar-refractivity contribution in [1.29, 1.82) is 0 Å². The fraction of sp³-hybridized carbons (Fsp3) is 0.286. The van der Waals surface area contributed by atoms with E-state index in [1.807, 2.05) is 62.4 Å². The lowest BCUT2D eigenvalue weighted by Crippen LogP contribution is -2.53. The largest absolute Gasteiger partial charge is 0.454 e. The highest BCUT2D eigenvalue weighted by Gasteiger charge is 2.47. The van der Waals surface area contributed by atoms with E-state index < -0.39 is 23.5 Å². The Bertz CT molecular complexity index is 1750. The Morgan fingerprint density at radius 3 is 2.52 bits per heavy atom. The number of hydrogen-bond donors (Lipinski definition) is 1. The summed E-state index contributed by atoms with van der Waals surface area (Å²) in [5.41, 5.74) is 7.49. The summed E-state index contributed by atoms with van der Waals surface area (Å²) in [5, 5.41) is 2.47. The van der Waals surface area contributed by atoms with E-state index in [1.165, 1.54) is 0 Å². The Morgan fingerprint density at radius 2 is 1.73 bits per heavy atom. The minimum Gasteiger partial charge on any atom is -0.454 e. The van der Waals surface area contributed by atoms with Crippen molar-refractivity contribution in [2.75, 3.05) is 13.3 Å². The van der Waals surface area contributed by atoms with Gasteiger partial charge in [0.05, 0.1) is 6.42 Å². The highest BCUT2D eigenvalue weighted by molar-refractivity contribution is 6.30. The first-order valence-electron chi connectivity index (χ1n) is 14.6. The molecule has 0 aromatic heterocycles. The number of rotatable bonds is 7. The van der Waals surface area contributed by atoms with Gasteiger partial charge in [-0.05, 0) is 72.0 Å². The molecule has 3 amide bonds. The molecule has 9 heteroatoms. The van der Waals surface area contributed by atoms with Gasteiger partial charge >= 0.3 is 0 Å². The summed E-state index contributed by atoms with van der Waals surface area (Å²) >= 11 is 6.42. The highest BCUT2D eigenvalue weighted by Crippen LogP contribution is 2.39. The monoisotopic (exact) mass is 611 g/mol. The van der Waals surface area contributed by atoms with E-state index in [4.69, 9.17) is 26.8 Å². The van der Waals surface area contributed by atoms with E-state index in [0.29, 0.717) is 28.5 Å². The second-order valence-corrected chi connectivity index (χ2v) is 12.4. The molecule has 4 aromatic carbocycles. The molecule has 0 aliphatic carbocycles. The average molecular weight is 612 g/mol. The zero-order valence-corrected chi connectivity index (χ0v) is 25.4. The van der Waals surface area contributed by atoms with Crippen LogP contribution >= 0.6 is 11.6 Å². The van der Waals surface area contributed by atoms with Crippen LogP contribution < -0.4 is 15.2 Å². The molecule has 1 unspecified atom stereocenters. The standard InChI is InChI=1S/C35H34ClN3O5/c1-35(2)15-16-38(28(33(37)41)20-24-9-5-8-23-7-3-4-12-27(23)24)34(42)32(25-10-6-11-26(36)19-25)39(35)31(40)18-22-13-14-29-30(17-22)44-21-43-29/h3-14,17,19,28,32H,15-16,18,20-21H2,1-2H3,(H2,37,41)/t28?,32-/m0/s1. The molecule has 2 aliphatic rings. The number of nitrogens with zero attached hydrogens (tertiary/aromatic N) is 2. The Hall–Kier alpha value is -4.56. The van der Waals surface area contributed by atoms with Crippen molar-refractivity contribution in [1.82, 2.24) is 9.80 Å². The van der Waals surface area contributed by atoms with Crippen LogP contribution in [0.1, 0.15) is 43.0 Å². The van der Waals surface area contributed by atoms with Crippen molar-refractivity contribution in [3.63, 3.8) is 0 Å². The minimum atomic E-state index is -1.03. The Labute approximate surface area is 261 Å². The molecule has 2 N–H and O–H groups in total. The topological polar surface area (TPSA) is 102 Å². The molecule has 2 heterocycles. The van der Waals surface area contributed by atoms with Crippen LogP contribution in [0.3, 0.4) is 0 Å². The quantitative estimate of drug-likeness (QED) is 0.300. The summed E-state index contributed by atoms with van der Waals surface area (Å²) in [6.07, 6.45) is 0.720. The van der Waals surface area contributed by atoms with Gasteiger partial charge in [-0.15, -0.1) is 0 Å². The van der Waals surface area contributed by atoms with Crippen LogP contribution in [0.15, 0.2) is 84.9 Å². The van der Waals surface area contributed by atoms with Crippen molar-refractivity contribution >= 4 is 40.1 Å². The summed E-state index contributed by atoms with van der Waals surface area (Å²) in [5.74, 6) is -0.00637. The zero-order valence-electron chi connectivity index (χ0n) is 24.7. The van der Waals surface area contributed by atoms with Gasteiger partial charge in [-0.2, -0.15) is 0 Å². The molecule has 8 nitrogen and oxygen atoms in total. The van der Waals surface area contributed by atoms with Gasteiger partial charge in [0.1, 0.15) is 12.1 Å². The summed E-state index contributed by atoms with van der Waals surface area (Å²) in [6, 6.07) is 24.3. The third-order valence-electron chi connectivity index (χ3n) is 8.62. The van der Waals surface area contributed by atoms with E-state index in [9.17, 15) is 14.4 Å². The summed E-state index contributed by atoms with van der Waals surface area (Å²) < 4.78 is 10.9. The van der Waals surface area contributed by atoms with Crippen LogP contribution in [-0.4, -0.2) is 52.4 Å². The maximum absolute atomic E-state index is 14.7. The number of benzene rings is 4. The first-order chi connectivity index (χ1) is 21.1. The van der Waals surface area contributed by atoms with Crippen molar-refractivity contribution in [2.24, 2.45) is 5.73 Å². The predicted molar refractivity (Wildman–Crippen MR) is 168 cm³/mol. The maximum atomic E-state index is 14.7. The third kappa shape index (κ3) is 5.69. The van der Waals surface area contributed by atoms with Gasteiger partial charge < -0.3 is 25.0 Å². The fourth-order valence-corrected chi connectivity index (χ4v) is 6.55. The predicted octanol–water partition coefficient (Wildman–Crippen LogP) is 5.44. The van der Waals surface area contributed by atoms with Crippen LogP contribution in [-0.2, 0) is 27.2 Å². The Balaban J connectivity index is 1.39. The van der Waals surface area contributed by atoms with Gasteiger partial charge in [-0.3, -0.25) is 14.4 Å². The molecule has 0 saturated carbocycles. The van der Waals surface area contributed by atoms with E-state index in [1.54, 1.807) is 46.2 Å². The zero-order chi connectivity index (χ0) is 31.0. The van der Waals surface area contributed by atoms with Crippen molar-refractivity contribution < 1.29 is 23.9 Å². The molecule has 6 rings (SSSR count). The summed E-state index contributed by atoms with van der Waals surface area (Å²) in [6.45, 7) is 4.27. The maximum Gasteiger partial charge on any atom is 0.250 e. The second-order valence-electron chi connectivity index (χ2n) is 11.9. The van der Waals surface area contributed by atoms with Gasteiger partial charge in [0.25, 0.3) is 5.91 Å². The van der Waals surface area contributed by atoms with Crippen molar-refractivity contribution in [2.45, 2.75) is 50.7 Å². The number of primary amides is 1. The normalized spacial score (nSPS) is 18.2. The second kappa shape index (κ2) is 11.8. The average Bonchev–Trinajstić information content (AvgIpc) is 3.43. The lowest BCUT2D eigenvalue weighted by Gasteiger charge is -2.41. The van der Waals surface area contributed by atoms with Crippen LogP contribution in [0.25, 0.3) is 10.8 Å². The molecule has 0 spiro atoms. The molecule has 1 saturated heterocycles. The number of carbonyl (C=O) groups excluding carboxylic acids is 3. The number of hydrogen-bond acceptors (Lipinski definition) is 5. The number of nitrogens with two attached hydrogens (primary N) is 1. The number of fused-ring (bicyclic) bond motifs is 2. The number of amides is 3. The first kappa shape index (κ1) is 29.5. The molecule has 0 radical (unpaired) electrons. The van der Waals surface area contributed by atoms with Crippen LogP contribution in [0.4, 0.5) is 0 Å². The molecular formula is C35H34ClN3O5. The lowest BCUT2D eigenvalue weighted by atomic mass is 9.93. The minimum absolute atomic E-state index is 0.0413. The SMILES string of the molecule is CC1(C)CCN(C(Cc2cccc3ccccc23)C(N)=O)C(=O)[C@H](c2cccc(Cl)c2)N1C(=O)Cc1ccc2c(c1)OCO2. The van der Waals surface area contributed by atoms with Crippen LogP contribution in [0.2, 0.25) is 5.02 Å². The van der Waals surface area contributed by atoms with Gasteiger partial charge in [0.15, 0.2) is 11.5 Å². The number of halogens is 1. The summed E-state index contributed by atoms with van der Waals surface area (Å²) in [7, 11) is 0. The fourth-order valence-electron chi connectivity index (χ4n) is 6.35. The Kier molecular flexibility index (Phi) is 7.95. The summed E-state index contributed by atoms with van der Waals surface area (Å²) in [4.78, 5) is 45.3. The molecule has 4 aromatic rings. The van der Waals surface area contributed by atoms with Crippen molar-refractivity contribution in [3.05, 3.63) is 107 Å². The highest BCUT2D eigenvalue weighted by atomic mass is 35.5.